The first-order valence-electron chi connectivity index (χ1n) is 39.0. The zero-order chi connectivity index (χ0) is 77.7. The Morgan fingerprint density at radius 1 is 0.338 bits per heavy atom. The standard InChI is InChI=1S/C62H40N2O/c1-2-16-41(17-3-1)42-30-34-45(35-31-42)63(46-36-32-43(33-37-46)55-38-44-18-4-5-19-48(44)49-20-6-7-21-50(49)55)47-39-56(62-57(40-47)54-25-11-15-29-61(54)65-62)53-24-10-14-28-60(53)64-58-26-12-8-22-51(58)52-23-9-13-27-59(52)64/h1-40H/i1D,2D,3D,4D,5D,6D,7D,8D,9D,10D,11D,12D,13D,14D,15D,16D,17D,18D,19D,20D,21D,22D,23D,24D,25D,26D,27D,28D,29D,30D,31D,32D,33D,34D,35D,36D,37D,38D,39D,40D. The van der Waals surface area contributed by atoms with Crippen molar-refractivity contribution in [2.75, 3.05) is 4.90 Å². The topological polar surface area (TPSA) is 21.3 Å². The third kappa shape index (κ3) is 6.05. The van der Waals surface area contributed by atoms with Crippen molar-refractivity contribution in [3.05, 3.63) is 242 Å². The number of aromatic nitrogens is 1. The Bertz CT molecular complexity index is 6190. The van der Waals surface area contributed by atoms with Gasteiger partial charge in [0.15, 0.2) is 0 Å². The van der Waals surface area contributed by atoms with Gasteiger partial charge in [-0.1, -0.05) is 175 Å². The molecule has 11 aromatic carbocycles. The second-order valence-electron chi connectivity index (χ2n) is 13.8. The number of hydrogen-bond acceptors (Lipinski definition) is 2. The summed E-state index contributed by atoms with van der Waals surface area (Å²) >= 11 is 0. The van der Waals surface area contributed by atoms with Gasteiger partial charge < -0.3 is 13.9 Å². The molecule has 0 aliphatic heterocycles. The highest BCUT2D eigenvalue weighted by Gasteiger charge is 2.23. The summed E-state index contributed by atoms with van der Waals surface area (Å²) in [6.45, 7) is 0. The molecule has 0 saturated carbocycles. The summed E-state index contributed by atoms with van der Waals surface area (Å²) in [4.78, 5) is 0.191. The lowest BCUT2D eigenvalue weighted by atomic mass is 9.93. The van der Waals surface area contributed by atoms with E-state index in [1.165, 1.54) is 0 Å². The quantitative estimate of drug-likeness (QED) is 0.149. The van der Waals surface area contributed by atoms with E-state index in [9.17, 15) is 28.8 Å². The van der Waals surface area contributed by atoms with Crippen LogP contribution < -0.4 is 4.90 Å². The Labute approximate surface area is 432 Å². The summed E-state index contributed by atoms with van der Waals surface area (Å²) < 4.78 is 378. The van der Waals surface area contributed by atoms with Crippen molar-refractivity contribution < 1.29 is 59.2 Å². The van der Waals surface area contributed by atoms with Crippen LogP contribution in [0.3, 0.4) is 0 Å². The van der Waals surface area contributed by atoms with E-state index < -0.39 is 363 Å². The van der Waals surface area contributed by atoms with Gasteiger partial charge in [0, 0.05) is 49.7 Å². The van der Waals surface area contributed by atoms with Crippen LogP contribution in [0.4, 0.5) is 17.1 Å². The van der Waals surface area contributed by atoms with Gasteiger partial charge in [-0.15, -0.1) is 0 Å². The maximum Gasteiger partial charge on any atom is 0.143 e. The predicted molar refractivity (Wildman–Crippen MR) is 274 cm³/mol. The lowest BCUT2D eigenvalue weighted by Crippen LogP contribution is -2.10. The molecular formula is C62H40N2O. The molecule has 304 valence electrons. The molecule has 0 amide bonds. The van der Waals surface area contributed by atoms with Crippen LogP contribution in [0.2, 0.25) is 0 Å². The molecule has 0 bridgehead atoms. The fourth-order valence-electron chi connectivity index (χ4n) is 7.48. The van der Waals surface area contributed by atoms with Crippen LogP contribution in [0.5, 0.6) is 0 Å². The first-order valence-corrected chi connectivity index (χ1v) is 19.0. The van der Waals surface area contributed by atoms with E-state index in [1.807, 2.05) is 0 Å². The molecule has 0 N–H and O–H groups in total. The monoisotopic (exact) mass is 869 g/mol. The van der Waals surface area contributed by atoms with Crippen molar-refractivity contribution in [1.29, 1.82) is 0 Å². The number of furan rings is 1. The Hall–Kier alpha value is -8.66. The zero-order valence-corrected chi connectivity index (χ0v) is 32.3. The molecule has 13 rings (SSSR count). The molecule has 0 aliphatic carbocycles. The van der Waals surface area contributed by atoms with E-state index >= 15 is 0 Å². The van der Waals surface area contributed by atoms with Crippen LogP contribution >= 0.6 is 0 Å². The molecule has 2 aromatic heterocycles. The highest BCUT2D eigenvalue weighted by atomic mass is 16.3. The van der Waals surface area contributed by atoms with Crippen LogP contribution in [0.15, 0.2) is 246 Å². The molecule has 0 fully saturated rings. The van der Waals surface area contributed by atoms with E-state index in [4.69, 9.17) is 30.5 Å². The maximum absolute atomic E-state index is 10.7. The van der Waals surface area contributed by atoms with Crippen LogP contribution in [0.25, 0.3) is 104 Å². The minimum atomic E-state index is -1.50. The van der Waals surface area contributed by atoms with Gasteiger partial charge in [0.2, 0.25) is 0 Å². The second kappa shape index (κ2) is 15.0. The lowest BCUT2D eigenvalue weighted by Gasteiger charge is -2.27. The van der Waals surface area contributed by atoms with Crippen LogP contribution in [0, 0.1) is 0 Å². The first-order chi connectivity index (χ1) is 48.9. The van der Waals surface area contributed by atoms with Crippen molar-refractivity contribution in [2.45, 2.75) is 0 Å². The van der Waals surface area contributed by atoms with E-state index in [0.29, 0.717) is 4.57 Å². The summed E-state index contributed by atoms with van der Waals surface area (Å²) in [6.07, 6.45) is 0. The van der Waals surface area contributed by atoms with Crippen molar-refractivity contribution >= 4 is 82.4 Å². The normalized spacial score (nSPS) is 20.3. The number of fused-ring (bicyclic) bond motifs is 9. The maximum atomic E-state index is 10.7. The average molecular weight is 869 g/mol. The Morgan fingerprint density at radius 3 is 1.60 bits per heavy atom. The van der Waals surface area contributed by atoms with Crippen LogP contribution in [-0.4, -0.2) is 4.57 Å². The van der Waals surface area contributed by atoms with E-state index in [0.717, 1.165) is 0 Å². The molecule has 0 spiro atoms. The highest BCUT2D eigenvalue weighted by molar-refractivity contribution is 6.15. The fraction of sp³-hybridized carbons (Fsp3) is 0. The molecule has 0 unspecified atom stereocenters. The Kier molecular flexibility index (Phi) is 3.39. The SMILES string of the molecule is [2H]c1c([2H])c([2H])c(-c2c([2H])c([2H])c(N(c3c([2H])c([2H])c(-c4c([2H])c5c([2H])c([2H])c([2H])c([2H])c5c5c([2H])c([2H])c([2H])c([2H])c45)c([2H])c3[2H])c3c([2H])c(-c4c([2H])c([2H])c([2H])c([2H])c4-n4c5c([2H])c([2H])c([2H])c([2H])c5c5c([2H])c([2H])c([2H])c([2H])c54)c4oc5c([2H])c([2H])c([2H])c([2H])c5c4c3[2H])c([2H])c2[2H])c([2H])c1[2H]. The number of benzene rings is 11. The smallest absolute Gasteiger partial charge is 0.143 e. The summed E-state index contributed by atoms with van der Waals surface area (Å²) in [7, 11) is 0. The molecule has 0 aliphatic rings. The molecule has 0 saturated heterocycles. The van der Waals surface area contributed by atoms with Crippen molar-refractivity contribution in [3.63, 3.8) is 0 Å². The summed E-state index contributed by atoms with van der Waals surface area (Å²) in [5.74, 6) is 0. The number of rotatable bonds is 7. The first kappa shape index (κ1) is 14.7. The summed E-state index contributed by atoms with van der Waals surface area (Å²) in [5.41, 5.74) is -15.3. The number of hydrogen-bond donors (Lipinski definition) is 0. The molecule has 3 heteroatoms. The molecule has 0 atom stereocenters. The molecule has 65 heavy (non-hydrogen) atoms. The number of nitrogens with zero attached hydrogens (tertiary/aromatic N) is 2. The molecule has 13 aromatic rings. The lowest BCUT2D eigenvalue weighted by molar-refractivity contribution is 0.670. The summed E-state index contributed by atoms with van der Waals surface area (Å²) in [5, 5.41) is -6.14. The Balaban J connectivity index is 1.31. The second-order valence-corrected chi connectivity index (χ2v) is 13.8. The summed E-state index contributed by atoms with van der Waals surface area (Å²) in [6, 6.07) is -46.0. The minimum absolute atomic E-state index is 0.191. The largest absolute Gasteiger partial charge is 0.455 e. The van der Waals surface area contributed by atoms with Gasteiger partial charge >= 0.3 is 0 Å². The van der Waals surface area contributed by atoms with Gasteiger partial charge in [0.1, 0.15) is 11.2 Å². The van der Waals surface area contributed by atoms with Crippen molar-refractivity contribution in [3.8, 4) is 39.1 Å². The van der Waals surface area contributed by atoms with Gasteiger partial charge in [0.25, 0.3) is 0 Å². The third-order valence-electron chi connectivity index (χ3n) is 10.2. The van der Waals surface area contributed by atoms with Gasteiger partial charge in [-0.3, -0.25) is 0 Å². The number of anilines is 3. The average Bonchev–Trinajstić information content (AvgIpc) is 1.68. The van der Waals surface area contributed by atoms with Gasteiger partial charge in [0.05, 0.1) is 71.6 Å². The fourth-order valence-corrected chi connectivity index (χ4v) is 7.48. The van der Waals surface area contributed by atoms with Gasteiger partial charge in [-0.25, -0.2) is 0 Å². The van der Waals surface area contributed by atoms with Crippen molar-refractivity contribution in [2.24, 2.45) is 0 Å². The molecule has 0 radical (unpaired) electrons. The van der Waals surface area contributed by atoms with Crippen molar-refractivity contribution in [1.82, 2.24) is 4.57 Å². The van der Waals surface area contributed by atoms with Crippen LogP contribution in [0.1, 0.15) is 54.8 Å². The zero-order valence-electron chi connectivity index (χ0n) is 72.3. The Morgan fingerprint density at radius 2 is 0.877 bits per heavy atom. The van der Waals surface area contributed by atoms with E-state index in [2.05, 4.69) is 0 Å². The predicted octanol–water partition coefficient (Wildman–Crippen LogP) is 17.5. The van der Waals surface area contributed by atoms with Gasteiger partial charge in [-0.2, -0.15) is 0 Å². The molecule has 2 heterocycles. The highest BCUT2D eigenvalue weighted by Crippen LogP contribution is 2.46. The van der Waals surface area contributed by atoms with Crippen LogP contribution in [-0.2, 0) is 0 Å². The molecule has 3 nitrogen and oxygen atoms in total. The van der Waals surface area contributed by atoms with Gasteiger partial charge in [-0.05, 0) is 110 Å². The third-order valence-corrected chi connectivity index (χ3v) is 10.2. The van der Waals surface area contributed by atoms with E-state index in [-0.39, 0.29) is 4.90 Å². The number of para-hydroxylation sites is 4. The minimum Gasteiger partial charge on any atom is -0.455 e. The van der Waals surface area contributed by atoms with E-state index in [1.54, 1.807) is 0 Å². The molecular weight excluding hydrogens is 789 g/mol.